The summed E-state index contributed by atoms with van der Waals surface area (Å²) >= 11 is 0. The summed E-state index contributed by atoms with van der Waals surface area (Å²) in [6.07, 6.45) is 4.67. The van der Waals surface area contributed by atoms with Crippen LogP contribution in [0, 0.1) is 11.3 Å². The molecule has 1 amide bonds. The van der Waals surface area contributed by atoms with E-state index >= 15 is 0 Å². The average molecular weight is 333 g/mol. The largest absolute Gasteiger partial charge is 0.356 e. The molecule has 0 aliphatic rings. The van der Waals surface area contributed by atoms with Gasteiger partial charge in [-0.2, -0.15) is 0 Å². The van der Waals surface area contributed by atoms with Crippen molar-refractivity contribution in [3.05, 3.63) is 0 Å². The monoisotopic (exact) mass is 332 g/mol. The highest BCUT2D eigenvalue weighted by atomic mass is 19.1. The minimum absolute atomic E-state index is 0.0717. The quantitative estimate of drug-likeness (QED) is 0.327. The Bertz CT molecular complexity index is 269. The molecular formula is C18H37FN2O2. The lowest BCUT2D eigenvalue weighted by molar-refractivity contribution is -0.121. The number of hydrogen-bond donors (Lipinski definition) is 2. The third-order valence-electron chi connectivity index (χ3n) is 2.39. The maximum absolute atomic E-state index is 12.6. The summed E-state index contributed by atoms with van der Waals surface area (Å²) in [5.74, 6) is 0.762. The molecule has 0 rings (SSSR count). The number of amides is 1. The molecule has 1 unspecified atom stereocenters. The Hall–Kier alpha value is -1.26. The fourth-order valence-electron chi connectivity index (χ4n) is 1.39. The van der Waals surface area contributed by atoms with Crippen LogP contribution in [0.1, 0.15) is 79.6 Å². The minimum atomic E-state index is -1.23. The van der Waals surface area contributed by atoms with E-state index in [1.807, 2.05) is 13.8 Å². The first kappa shape index (κ1) is 26.6. The number of alkyl halides is 1. The summed E-state index contributed by atoms with van der Waals surface area (Å²) in [7, 11) is 0. The number of aldehydes is 1. The Kier molecular flexibility index (Phi) is 26.6. The van der Waals surface area contributed by atoms with E-state index < -0.39 is 6.17 Å². The van der Waals surface area contributed by atoms with E-state index in [1.54, 1.807) is 0 Å². The Balaban J connectivity index is -0.000000574. The van der Waals surface area contributed by atoms with Crippen molar-refractivity contribution in [2.24, 2.45) is 5.92 Å². The van der Waals surface area contributed by atoms with Crippen LogP contribution in [0.4, 0.5) is 4.39 Å². The zero-order valence-electron chi connectivity index (χ0n) is 15.7. The molecule has 0 aromatic carbocycles. The van der Waals surface area contributed by atoms with Crippen LogP contribution < -0.4 is 5.32 Å². The Labute approximate surface area is 142 Å². The van der Waals surface area contributed by atoms with Gasteiger partial charge in [0.05, 0.1) is 0 Å². The molecule has 0 saturated carbocycles. The predicted octanol–water partition coefficient (Wildman–Crippen LogP) is 4.71. The second-order valence-corrected chi connectivity index (χ2v) is 5.67. The van der Waals surface area contributed by atoms with Gasteiger partial charge in [0, 0.05) is 25.6 Å². The van der Waals surface area contributed by atoms with Crippen molar-refractivity contribution in [2.45, 2.75) is 85.7 Å². The van der Waals surface area contributed by atoms with Crippen LogP contribution in [-0.2, 0) is 9.59 Å². The van der Waals surface area contributed by atoms with E-state index in [9.17, 15) is 14.0 Å². The molecule has 0 aliphatic heterocycles. The maximum atomic E-state index is 12.6. The number of nitrogens with one attached hydrogen (secondary N) is 2. The summed E-state index contributed by atoms with van der Waals surface area (Å²) in [6.45, 7) is 11.1. The SMILES string of the molecule is CC.CC(C)C.N=CC(F)CCCC(=O)NCCCCCC=O. The van der Waals surface area contributed by atoms with Crippen molar-refractivity contribution >= 4 is 18.4 Å². The lowest BCUT2D eigenvalue weighted by atomic mass is 10.1. The van der Waals surface area contributed by atoms with Gasteiger partial charge in [-0.3, -0.25) is 4.79 Å². The fraction of sp³-hybridized carbons (Fsp3) is 0.833. The first-order valence-corrected chi connectivity index (χ1v) is 8.79. The van der Waals surface area contributed by atoms with Crippen molar-refractivity contribution in [3.63, 3.8) is 0 Å². The molecule has 0 spiro atoms. The van der Waals surface area contributed by atoms with Crippen LogP contribution in [0.5, 0.6) is 0 Å². The van der Waals surface area contributed by atoms with Crippen LogP contribution in [0.2, 0.25) is 0 Å². The van der Waals surface area contributed by atoms with Crippen LogP contribution >= 0.6 is 0 Å². The highest BCUT2D eigenvalue weighted by Crippen LogP contribution is 2.02. The maximum Gasteiger partial charge on any atom is 0.219 e. The molecule has 0 radical (unpaired) electrons. The van der Waals surface area contributed by atoms with Gasteiger partial charge in [-0.25, -0.2) is 4.39 Å². The molecule has 1 atom stereocenters. The molecule has 0 fully saturated rings. The molecular weight excluding hydrogens is 295 g/mol. The van der Waals surface area contributed by atoms with Gasteiger partial charge >= 0.3 is 0 Å². The van der Waals surface area contributed by atoms with Gasteiger partial charge in [0.25, 0.3) is 0 Å². The zero-order chi connectivity index (χ0) is 18.5. The molecule has 0 aromatic rings. The van der Waals surface area contributed by atoms with Crippen LogP contribution in [0.25, 0.3) is 0 Å². The summed E-state index contributed by atoms with van der Waals surface area (Å²) in [5.41, 5.74) is 0. The van der Waals surface area contributed by atoms with Crippen molar-refractivity contribution in [2.75, 3.05) is 6.54 Å². The van der Waals surface area contributed by atoms with Crippen LogP contribution in [0.3, 0.4) is 0 Å². The van der Waals surface area contributed by atoms with E-state index in [2.05, 4.69) is 26.1 Å². The number of rotatable bonds is 11. The van der Waals surface area contributed by atoms with E-state index in [0.29, 0.717) is 25.8 Å². The number of unbranched alkanes of at least 4 members (excludes halogenated alkanes) is 3. The summed E-state index contributed by atoms with van der Waals surface area (Å²) in [5, 5.41) is 9.40. The second kappa shape index (κ2) is 23.0. The van der Waals surface area contributed by atoms with Gasteiger partial charge in [-0.1, -0.05) is 41.0 Å². The predicted molar refractivity (Wildman–Crippen MR) is 96.9 cm³/mol. The summed E-state index contributed by atoms with van der Waals surface area (Å²) in [4.78, 5) is 21.3. The molecule has 0 saturated heterocycles. The first-order chi connectivity index (χ1) is 10.9. The van der Waals surface area contributed by atoms with Crippen molar-refractivity contribution in [1.82, 2.24) is 5.32 Å². The van der Waals surface area contributed by atoms with Gasteiger partial charge in [0.1, 0.15) is 12.5 Å². The van der Waals surface area contributed by atoms with Gasteiger partial charge < -0.3 is 15.5 Å². The minimum Gasteiger partial charge on any atom is -0.356 e. The van der Waals surface area contributed by atoms with E-state index in [4.69, 9.17) is 5.41 Å². The number of halogens is 1. The molecule has 5 heteroatoms. The number of carbonyl (C=O) groups excluding carboxylic acids is 2. The summed E-state index contributed by atoms with van der Waals surface area (Å²) in [6, 6.07) is 0. The first-order valence-electron chi connectivity index (χ1n) is 8.79. The molecule has 2 N–H and O–H groups in total. The Morgan fingerprint density at radius 3 is 2.17 bits per heavy atom. The van der Waals surface area contributed by atoms with E-state index in [0.717, 1.165) is 37.7 Å². The van der Waals surface area contributed by atoms with Crippen LogP contribution in [0.15, 0.2) is 0 Å². The third-order valence-corrected chi connectivity index (χ3v) is 2.39. The van der Waals surface area contributed by atoms with E-state index in [-0.39, 0.29) is 12.3 Å². The zero-order valence-corrected chi connectivity index (χ0v) is 15.7. The van der Waals surface area contributed by atoms with Crippen molar-refractivity contribution in [3.8, 4) is 0 Å². The number of hydrogen-bond acceptors (Lipinski definition) is 3. The standard InChI is InChI=1S/C12H21FN2O2.C4H10.C2H6/c13-11(10-14)6-5-7-12(17)15-8-3-1-2-4-9-16;1-4(2)3;1-2/h9-11,14H,1-8H2,(H,15,17);4H,1-3H3;1-2H3. The van der Waals surface area contributed by atoms with E-state index in [1.165, 1.54) is 0 Å². The van der Waals surface area contributed by atoms with Crippen molar-refractivity contribution in [1.29, 1.82) is 5.41 Å². The Morgan fingerprint density at radius 2 is 1.70 bits per heavy atom. The lowest BCUT2D eigenvalue weighted by Gasteiger charge is -2.05. The second-order valence-electron chi connectivity index (χ2n) is 5.67. The van der Waals surface area contributed by atoms with Gasteiger partial charge in [0.15, 0.2) is 0 Å². The fourth-order valence-corrected chi connectivity index (χ4v) is 1.39. The van der Waals surface area contributed by atoms with Gasteiger partial charge in [-0.05, 0) is 31.6 Å². The highest BCUT2D eigenvalue weighted by Gasteiger charge is 2.04. The molecule has 0 bridgehead atoms. The third kappa shape index (κ3) is 33.5. The Morgan fingerprint density at radius 1 is 1.13 bits per heavy atom. The molecule has 4 nitrogen and oxygen atoms in total. The molecule has 23 heavy (non-hydrogen) atoms. The molecule has 138 valence electrons. The van der Waals surface area contributed by atoms with Crippen LogP contribution in [-0.4, -0.2) is 31.1 Å². The smallest absolute Gasteiger partial charge is 0.219 e. The normalized spacial score (nSPS) is 10.6. The van der Waals surface area contributed by atoms with Gasteiger partial charge in [-0.15, -0.1) is 0 Å². The lowest BCUT2D eigenvalue weighted by Crippen LogP contribution is -2.24. The van der Waals surface area contributed by atoms with Crippen molar-refractivity contribution < 1.29 is 14.0 Å². The van der Waals surface area contributed by atoms with Gasteiger partial charge in [0.2, 0.25) is 5.91 Å². The molecule has 0 aromatic heterocycles. The average Bonchev–Trinajstić information content (AvgIpc) is 2.52. The molecule has 0 heterocycles. The number of carbonyl (C=O) groups is 2. The summed E-state index contributed by atoms with van der Waals surface area (Å²) < 4.78 is 12.6. The highest BCUT2D eigenvalue weighted by molar-refractivity contribution is 5.75. The molecule has 0 aliphatic carbocycles. The topological polar surface area (TPSA) is 70.0 Å².